The molecule has 18 heavy (non-hydrogen) atoms. The molecule has 1 aromatic heterocycles. The number of carbonyl (C=O) groups is 1. The second-order valence-corrected chi connectivity index (χ2v) is 4.93. The van der Waals surface area contributed by atoms with Crippen LogP contribution in [0.5, 0.6) is 0 Å². The first-order chi connectivity index (χ1) is 8.58. The fourth-order valence-corrected chi connectivity index (χ4v) is 2.49. The molecule has 0 bridgehead atoms. The van der Waals surface area contributed by atoms with E-state index >= 15 is 0 Å². The van der Waals surface area contributed by atoms with E-state index in [1.807, 2.05) is 17.5 Å². The van der Waals surface area contributed by atoms with Gasteiger partial charge in [0.2, 0.25) is 0 Å². The maximum atomic E-state index is 13.1. The number of carboxylic acids is 1. The van der Waals surface area contributed by atoms with E-state index in [9.17, 15) is 9.18 Å². The Hall–Kier alpha value is -1.88. The molecule has 0 saturated heterocycles. The molecule has 0 saturated carbocycles. The summed E-state index contributed by atoms with van der Waals surface area (Å²) in [6, 6.07) is 7.73. The SMILES string of the molecule is CN(Cc1cccs1)c1ccc(F)cc1C(=O)O. The molecular weight excluding hydrogens is 253 g/mol. The molecule has 0 spiro atoms. The number of aromatic carboxylic acids is 1. The van der Waals surface area contributed by atoms with Crippen LogP contribution in [0.25, 0.3) is 0 Å². The zero-order chi connectivity index (χ0) is 13.1. The normalized spacial score (nSPS) is 10.3. The lowest BCUT2D eigenvalue weighted by atomic mass is 10.1. The monoisotopic (exact) mass is 265 g/mol. The van der Waals surface area contributed by atoms with E-state index < -0.39 is 11.8 Å². The van der Waals surface area contributed by atoms with Crippen molar-refractivity contribution in [1.29, 1.82) is 0 Å². The second-order valence-electron chi connectivity index (χ2n) is 3.90. The average molecular weight is 265 g/mol. The minimum atomic E-state index is -1.12. The van der Waals surface area contributed by atoms with E-state index in [4.69, 9.17) is 5.11 Å². The number of hydrogen-bond acceptors (Lipinski definition) is 3. The van der Waals surface area contributed by atoms with Gasteiger partial charge in [-0.2, -0.15) is 0 Å². The number of nitrogens with zero attached hydrogens (tertiary/aromatic N) is 1. The van der Waals surface area contributed by atoms with Crippen molar-refractivity contribution in [3.05, 3.63) is 52.0 Å². The lowest BCUT2D eigenvalue weighted by Crippen LogP contribution is -2.19. The van der Waals surface area contributed by atoms with Gasteiger partial charge in [-0.25, -0.2) is 9.18 Å². The predicted molar refractivity (Wildman–Crippen MR) is 69.8 cm³/mol. The molecule has 0 radical (unpaired) electrons. The highest BCUT2D eigenvalue weighted by Gasteiger charge is 2.14. The van der Waals surface area contributed by atoms with Gasteiger partial charge in [-0.3, -0.25) is 0 Å². The summed E-state index contributed by atoms with van der Waals surface area (Å²) < 4.78 is 13.1. The predicted octanol–water partition coefficient (Wildman–Crippen LogP) is 3.22. The largest absolute Gasteiger partial charge is 0.478 e. The highest BCUT2D eigenvalue weighted by Crippen LogP contribution is 2.23. The van der Waals surface area contributed by atoms with E-state index in [2.05, 4.69) is 0 Å². The fraction of sp³-hybridized carbons (Fsp3) is 0.154. The second kappa shape index (κ2) is 5.18. The summed E-state index contributed by atoms with van der Waals surface area (Å²) in [6.45, 7) is 0.601. The van der Waals surface area contributed by atoms with Gasteiger partial charge in [0.05, 0.1) is 17.8 Å². The van der Waals surface area contributed by atoms with Gasteiger partial charge in [-0.15, -0.1) is 11.3 Å². The van der Waals surface area contributed by atoms with E-state index in [1.165, 1.54) is 12.1 Å². The number of anilines is 1. The zero-order valence-corrected chi connectivity index (χ0v) is 10.6. The molecule has 94 valence electrons. The molecule has 0 fully saturated rings. The van der Waals surface area contributed by atoms with Crippen LogP contribution in [0, 0.1) is 5.82 Å². The Balaban J connectivity index is 2.29. The highest BCUT2D eigenvalue weighted by atomic mass is 32.1. The molecule has 1 aromatic carbocycles. The van der Waals surface area contributed by atoms with E-state index in [-0.39, 0.29) is 5.56 Å². The Morgan fingerprint density at radius 2 is 2.22 bits per heavy atom. The van der Waals surface area contributed by atoms with Crippen LogP contribution in [-0.2, 0) is 6.54 Å². The molecule has 0 amide bonds. The number of thiophene rings is 1. The van der Waals surface area contributed by atoms with Crippen molar-refractivity contribution >= 4 is 23.0 Å². The minimum Gasteiger partial charge on any atom is -0.478 e. The fourth-order valence-electron chi connectivity index (χ4n) is 1.73. The quantitative estimate of drug-likeness (QED) is 0.922. The van der Waals surface area contributed by atoms with Crippen molar-refractivity contribution in [3.8, 4) is 0 Å². The third-order valence-electron chi connectivity index (χ3n) is 2.57. The van der Waals surface area contributed by atoms with Gasteiger partial charge in [0, 0.05) is 11.9 Å². The van der Waals surface area contributed by atoms with Crippen LogP contribution in [0.3, 0.4) is 0 Å². The van der Waals surface area contributed by atoms with Gasteiger partial charge < -0.3 is 10.0 Å². The first kappa shape index (κ1) is 12.6. The molecule has 0 aliphatic rings. The Morgan fingerprint density at radius 3 is 2.83 bits per heavy atom. The summed E-state index contributed by atoms with van der Waals surface area (Å²) in [5.41, 5.74) is 0.492. The summed E-state index contributed by atoms with van der Waals surface area (Å²) in [5.74, 6) is -1.66. The molecule has 1 heterocycles. The van der Waals surface area contributed by atoms with Gasteiger partial charge in [0.25, 0.3) is 0 Å². The van der Waals surface area contributed by atoms with E-state index in [0.717, 1.165) is 10.9 Å². The molecule has 3 nitrogen and oxygen atoms in total. The smallest absolute Gasteiger partial charge is 0.337 e. The van der Waals surface area contributed by atoms with Gasteiger partial charge in [-0.1, -0.05) is 6.07 Å². The number of rotatable bonds is 4. The van der Waals surface area contributed by atoms with Crippen LogP contribution in [0.4, 0.5) is 10.1 Å². The number of hydrogen-bond donors (Lipinski definition) is 1. The lowest BCUT2D eigenvalue weighted by molar-refractivity contribution is 0.0697. The Kier molecular flexibility index (Phi) is 3.62. The van der Waals surface area contributed by atoms with Crippen molar-refractivity contribution in [3.63, 3.8) is 0 Å². The van der Waals surface area contributed by atoms with Crippen LogP contribution in [0.1, 0.15) is 15.2 Å². The summed E-state index contributed by atoms with van der Waals surface area (Å²) in [6.07, 6.45) is 0. The van der Waals surface area contributed by atoms with Crippen LogP contribution in [0.2, 0.25) is 0 Å². The van der Waals surface area contributed by atoms with Crippen molar-refractivity contribution in [2.75, 3.05) is 11.9 Å². The van der Waals surface area contributed by atoms with Gasteiger partial charge >= 0.3 is 5.97 Å². The molecule has 0 unspecified atom stereocenters. The van der Waals surface area contributed by atoms with E-state index in [1.54, 1.807) is 23.3 Å². The standard InChI is InChI=1S/C13H12FNO2S/c1-15(8-10-3-2-6-18-10)12-5-4-9(14)7-11(12)13(16)17/h2-7H,8H2,1H3,(H,16,17). The van der Waals surface area contributed by atoms with Crippen molar-refractivity contribution in [2.24, 2.45) is 0 Å². The highest BCUT2D eigenvalue weighted by molar-refractivity contribution is 7.09. The maximum Gasteiger partial charge on any atom is 0.337 e. The third kappa shape index (κ3) is 2.68. The lowest BCUT2D eigenvalue weighted by Gasteiger charge is -2.20. The van der Waals surface area contributed by atoms with Gasteiger partial charge in [0.15, 0.2) is 0 Å². The molecule has 5 heteroatoms. The van der Waals surface area contributed by atoms with Crippen LogP contribution in [-0.4, -0.2) is 18.1 Å². The molecule has 0 atom stereocenters. The molecule has 0 aliphatic carbocycles. The minimum absolute atomic E-state index is 0.0194. The number of carboxylic acid groups (broad SMARTS) is 1. The van der Waals surface area contributed by atoms with Gasteiger partial charge in [0.1, 0.15) is 5.82 Å². The zero-order valence-electron chi connectivity index (χ0n) is 9.76. The van der Waals surface area contributed by atoms with Crippen molar-refractivity contribution in [2.45, 2.75) is 6.54 Å². The van der Waals surface area contributed by atoms with Crippen LogP contribution >= 0.6 is 11.3 Å². The Bertz CT molecular complexity index is 554. The summed E-state index contributed by atoms with van der Waals surface area (Å²) in [7, 11) is 1.79. The van der Waals surface area contributed by atoms with Crippen molar-refractivity contribution < 1.29 is 14.3 Å². The molecule has 0 aliphatic heterocycles. The third-order valence-corrected chi connectivity index (χ3v) is 3.43. The van der Waals surface area contributed by atoms with E-state index in [0.29, 0.717) is 12.2 Å². The molecule has 1 N–H and O–H groups in total. The summed E-state index contributed by atoms with van der Waals surface area (Å²) in [4.78, 5) is 14.0. The number of halogens is 1. The average Bonchev–Trinajstić information content (AvgIpc) is 2.81. The number of benzene rings is 1. The van der Waals surface area contributed by atoms with Gasteiger partial charge in [-0.05, 0) is 29.6 Å². The summed E-state index contributed by atoms with van der Waals surface area (Å²) >= 11 is 1.60. The molecular formula is C13H12FNO2S. The van der Waals surface area contributed by atoms with Crippen LogP contribution < -0.4 is 4.90 Å². The molecule has 2 aromatic rings. The topological polar surface area (TPSA) is 40.5 Å². The first-order valence-electron chi connectivity index (χ1n) is 5.34. The van der Waals surface area contributed by atoms with Crippen LogP contribution in [0.15, 0.2) is 35.7 Å². The Labute approximate surface area is 108 Å². The molecule has 2 rings (SSSR count). The Morgan fingerprint density at radius 1 is 1.44 bits per heavy atom. The van der Waals surface area contributed by atoms with Crippen molar-refractivity contribution in [1.82, 2.24) is 0 Å². The summed E-state index contributed by atoms with van der Waals surface area (Å²) in [5, 5.41) is 11.0. The maximum absolute atomic E-state index is 13.1. The first-order valence-corrected chi connectivity index (χ1v) is 6.22.